The number of benzene rings is 1. The van der Waals surface area contributed by atoms with Crippen molar-refractivity contribution in [1.29, 1.82) is 0 Å². The zero-order valence-electron chi connectivity index (χ0n) is 11.4. The third-order valence-electron chi connectivity index (χ3n) is 3.82. The molecule has 1 heterocycles. The second kappa shape index (κ2) is 5.39. The number of nitrogens with one attached hydrogen (secondary N) is 1. The predicted molar refractivity (Wildman–Crippen MR) is 78.3 cm³/mol. The van der Waals surface area contributed by atoms with E-state index in [-0.39, 0.29) is 5.91 Å². The molecule has 1 fully saturated rings. The fourth-order valence-corrected chi connectivity index (χ4v) is 2.76. The molecule has 0 bridgehead atoms. The molecule has 19 heavy (non-hydrogen) atoms. The molecule has 1 saturated heterocycles. The molecule has 1 aliphatic heterocycles. The van der Waals surface area contributed by atoms with E-state index < -0.39 is 5.41 Å². The molecule has 104 valence electrons. The lowest BCUT2D eigenvalue weighted by atomic mass is 9.89. The molecule has 2 rings (SSSR count). The summed E-state index contributed by atoms with van der Waals surface area (Å²) < 4.78 is 0. The van der Waals surface area contributed by atoms with Gasteiger partial charge < -0.3 is 16.0 Å². The SMILES string of the molecule is CNCc1cc(Cl)ccc1N1CCC(C)(C(N)=O)C1. The van der Waals surface area contributed by atoms with Gasteiger partial charge in [0.2, 0.25) is 5.91 Å². The summed E-state index contributed by atoms with van der Waals surface area (Å²) in [5.74, 6) is -0.223. The molecular weight excluding hydrogens is 262 g/mol. The first-order valence-electron chi connectivity index (χ1n) is 6.44. The average Bonchev–Trinajstić information content (AvgIpc) is 2.74. The van der Waals surface area contributed by atoms with Gasteiger partial charge in [-0.1, -0.05) is 11.6 Å². The Morgan fingerprint density at radius 3 is 2.89 bits per heavy atom. The fraction of sp³-hybridized carbons (Fsp3) is 0.500. The van der Waals surface area contributed by atoms with Crippen LogP contribution >= 0.6 is 11.6 Å². The highest BCUT2D eigenvalue weighted by Gasteiger charge is 2.39. The first kappa shape index (κ1) is 14.2. The molecule has 3 N–H and O–H groups in total. The van der Waals surface area contributed by atoms with Crippen molar-refractivity contribution in [2.75, 3.05) is 25.0 Å². The smallest absolute Gasteiger partial charge is 0.225 e. The highest BCUT2D eigenvalue weighted by atomic mass is 35.5. The molecule has 0 radical (unpaired) electrons. The summed E-state index contributed by atoms with van der Waals surface area (Å²) in [6.45, 7) is 4.20. The minimum Gasteiger partial charge on any atom is -0.370 e. The number of carbonyl (C=O) groups is 1. The van der Waals surface area contributed by atoms with E-state index >= 15 is 0 Å². The normalized spacial score (nSPS) is 22.8. The first-order valence-corrected chi connectivity index (χ1v) is 6.82. The first-order chi connectivity index (χ1) is 8.96. The second-order valence-electron chi connectivity index (χ2n) is 5.40. The zero-order valence-corrected chi connectivity index (χ0v) is 12.1. The predicted octanol–water partition coefficient (Wildman–Crippen LogP) is 1.76. The maximum Gasteiger partial charge on any atom is 0.225 e. The van der Waals surface area contributed by atoms with Crippen LogP contribution in [0.4, 0.5) is 5.69 Å². The van der Waals surface area contributed by atoms with E-state index in [1.165, 1.54) is 0 Å². The highest BCUT2D eigenvalue weighted by Crippen LogP contribution is 2.35. The zero-order chi connectivity index (χ0) is 14.0. The van der Waals surface area contributed by atoms with Crippen molar-refractivity contribution in [2.24, 2.45) is 11.1 Å². The van der Waals surface area contributed by atoms with Gasteiger partial charge >= 0.3 is 0 Å². The number of amides is 1. The summed E-state index contributed by atoms with van der Waals surface area (Å²) in [5, 5.41) is 3.87. The quantitative estimate of drug-likeness (QED) is 0.884. The average molecular weight is 282 g/mol. The Balaban J connectivity index is 2.26. The van der Waals surface area contributed by atoms with E-state index in [1.54, 1.807) is 0 Å². The largest absolute Gasteiger partial charge is 0.370 e. The molecule has 1 atom stereocenters. The Morgan fingerprint density at radius 1 is 1.58 bits per heavy atom. The maximum atomic E-state index is 11.5. The molecule has 0 saturated carbocycles. The Morgan fingerprint density at radius 2 is 2.32 bits per heavy atom. The lowest BCUT2D eigenvalue weighted by molar-refractivity contribution is -0.125. The van der Waals surface area contributed by atoms with Gasteiger partial charge in [0.25, 0.3) is 0 Å². The van der Waals surface area contributed by atoms with E-state index in [9.17, 15) is 4.79 Å². The van der Waals surface area contributed by atoms with Crippen LogP contribution in [0.15, 0.2) is 18.2 Å². The van der Waals surface area contributed by atoms with E-state index in [2.05, 4.69) is 10.2 Å². The number of nitrogens with two attached hydrogens (primary N) is 1. The van der Waals surface area contributed by atoms with Gasteiger partial charge in [0.05, 0.1) is 5.41 Å². The molecule has 1 amide bonds. The van der Waals surface area contributed by atoms with Crippen molar-refractivity contribution in [2.45, 2.75) is 19.9 Å². The van der Waals surface area contributed by atoms with Crippen LogP contribution in [0.3, 0.4) is 0 Å². The standard InChI is InChI=1S/C14H20ClN3O/c1-14(13(16)19)5-6-18(9-14)12-4-3-11(15)7-10(12)8-17-2/h3-4,7,17H,5-6,8-9H2,1-2H3,(H2,16,19). The summed E-state index contributed by atoms with van der Waals surface area (Å²) in [6.07, 6.45) is 0.796. The van der Waals surface area contributed by atoms with Crippen molar-refractivity contribution in [1.82, 2.24) is 5.32 Å². The number of hydrogen-bond acceptors (Lipinski definition) is 3. The summed E-state index contributed by atoms with van der Waals surface area (Å²) in [5.41, 5.74) is 7.33. The van der Waals surface area contributed by atoms with E-state index in [0.29, 0.717) is 6.54 Å². The van der Waals surface area contributed by atoms with Gasteiger partial charge in [0.1, 0.15) is 0 Å². The molecule has 1 aromatic rings. The molecule has 4 nitrogen and oxygen atoms in total. The van der Waals surface area contributed by atoms with Crippen LogP contribution in [0.5, 0.6) is 0 Å². The van der Waals surface area contributed by atoms with Crippen LogP contribution < -0.4 is 16.0 Å². The molecule has 1 unspecified atom stereocenters. The summed E-state index contributed by atoms with van der Waals surface area (Å²) in [7, 11) is 1.90. The Kier molecular flexibility index (Phi) is 4.02. The Bertz CT molecular complexity index is 492. The number of hydrogen-bond donors (Lipinski definition) is 2. The van der Waals surface area contributed by atoms with Gasteiger partial charge in [-0.05, 0) is 44.2 Å². The van der Waals surface area contributed by atoms with E-state index in [1.807, 2.05) is 32.2 Å². The fourth-order valence-electron chi connectivity index (χ4n) is 2.56. The van der Waals surface area contributed by atoms with Crippen molar-refractivity contribution in [3.63, 3.8) is 0 Å². The third kappa shape index (κ3) is 2.85. The van der Waals surface area contributed by atoms with Crippen LogP contribution in [-0.2, 0) is 11.3 Å². The van der Waals surface area contributed by atoms with Gasteiger partial charge in [0, 0.05) is 30.3 Å². The lowest BCUT2D eigenvalue weighted by Crippen LogP contribution is -2.37. The highest BCUT2D eigenvalue weighted by molar-refractivity contribution is 6.30. The van der Waals surface area contributed by atoms with Crippen molar-refractivity contribution < 1.29 is 4.79 Å². The Labute approximate surface area is 118 Å². The number of carbonyl (C=O) groups excluding carboxylic acids is 1. The minimum absolute atomic E-state index is 0.223. The van der Waals surface area contributed by atoms with Gasteiger partial charge in [-0.3, -0.25) is 4.79 Å². The topological polar surface area (TPSA) is 58.4 Å². The maximum absolute atomic E-state index is 11.5. The van der Waals surface area contributed by atoms with Crippen LogP contribution in [0.2, 0.25) is 5.02 Å². The van der Waals surface area contributed by atoms with Gasteiger partial charge in [-0.25, -0.2) is 0 Å². The van der Waals surface area contributed by atoms with Crippen molar-refractivity contribution >= 4 is 23.2 Å². The van der Waals surface area contributed by atoms with Crippen LogP contribution in [0.25, 0.3) is 0 Å². The molecule has 1 aromatic carbocycles. The second-order valence-corrected chi connectivity index (χ2v) is 5.84. The molecule has 5 heteroatoms. The minimum atomic E-state index is -0.434. The summed E-state index contributed by atoms with van der Waals surface area (Å²) in [4.78, 5) is 13.7. The third-order valence-corrected chi connectivity index (χ3v) is 4.05. The van der Waals surface area contributed by atoms with E-state index in [4.69, 9.17) is 17.3 Å². The number of primary amides is 1. The number of rotatable bonds is 4. The molecular formula is C14H20ClN3O. The monoisotopic (exact) mass is 281 g/mol. The van der Waals surface area contributed by atoms with Crippen LogP contribution in [0.1, 0.15) is 18.9 Å². The molecule has 0 spiro atoms. The summed E-state index contributed by atoms with van der Waals surface area (Å²) in [6, 6.07) is 5.87. The van der Waals surface area contributed by atoms with Gasteiger partial charge in [0.15, 0.2) is 0 Å². The van der Waals surface area contributed by atoms with Crippen LogP contribution in [-0.4, -0.2) is 26.0 Å². The molecule has 0 aliphatic carbocycles. The summed E-state index contributed by atoms with van der Waals surface area (Å²) >= 11 is 6.05. The van der Waals surface area contributed by atoms with E-state index in [0.717, 1.165) is 35.8 Å². The lowest BCUT2D eigenvalue weighted by Gasteiger charge is -2.25. The van der Waals surface area contributed by atoms with Crippen molar-refractivity contribution in [3.8, 4) is 0 Å². The molecule has 0 aromatic heterocycles. The van der Waals surface area contributed by atoms with Crippen LogP contribution in [0, 0.1) is 5.41 Å². The van der Waals surface area contributed by atoms with Gasteiger partial charge in [-0.2, -0.15) is 0 Å². The molecule has 1 aliphatic rings. The number of anilines is 1. The van der Waals surface area contributed by atoms with Gasteiger partial charge in [-0.15, -0.1) is 0 Å². The Hall–Kier alpha value is -1.26. The van der Waals surface area contributed by atoms with Crippen molar-refractivity contribution in [3.05, 3.63) is 28.8 Å². The number of halogens is 1. The number of nitrogens with zero attached hydrogens (tertiary/aromatic N) is 1.